The van der Waals surface area contributed by atoms with E-state index in [1.807, 2.05) is 24.3 Å². The Labute approximate surface area is 99.2 Å². The summed E-state index contributed by atoms with van der Waals surface area (Å²) in [7, 11) is 0. The molecule has 0 heterocycles. The van der Waals surface area contributed by atoms with Crippen LogP contribution in [0.3, 0.4) is 0 Å². The van der Waals surface area contributed by atoms with Gasteiger partial charge in [0, 0.05) is 0 Å². The van der Waals surface area contributed by atoms with Crippen molar-refractivity contribution < 1.29 is 21.2 Å². The van der Waals surface area contributed by atoms with Gasteiger partial charge in [-0.25, -0.2) is 0 Å². The van der Waals surface area contributed by atoms with Crippen LogP contribution in [0.25, 0.3) is 0 Å². The van der Waals surface area contributed by atoms with Gasteiger partial charge in [0.05, 0.1) is 5.02 Å². The molecule has 0 saturated heterocycles. The molecule has 70 valence electrons. The molecule has 0 aliphatic rings. The third-order valence-electron chi connectivity index (χ3n) is 1.77. The summed E-state index contributed by atoms with van der Waals surface area (Å²) in [6, 6.07) is 18.6. The number of benzene rings is 2. The van der Waals surface area contributed by atoms with Crippen molar-refractivity contribution in [2.45, 2.75) is 0 Å². The fourth-order valence-corrected chi connectivity index (χ4v) is 3.76. The molecule has 2 heteroatoms. The molecule has 2 rings (SSSR count). The molecule has 2 aromatic carbocycles. The van der Waals surface area contributed by atoms with Gasteiger partial charge in [-0.15, -0.1) is 0 Å². The summed E-state index contributed by atoms with van der Waals surface area (Å²) in [6.45, 7) is 0. The molecule has 0 aromatic heterocycles. The van der Waals surface area contributed by atoms with Crippen LogP contribution in [0.15, 0.2) is 54.6 Å². The number of hydrogen-bond donors (Lipinski definition) is 0. The van der Waals surface area contributed by atoms with Crippen LogP contribution < -0.4 is 21.2 Å². The molecule has 14 heavy (non-hydrogen) atoms. The second kappa shape index (κ2) is 4.80. The summed E-state index contributed by atoms with van der Waals surface area (Å²) in [5.41, 5.74) is 0. The third kappa shape index (κ3) is 2.49. The predicted octanol–water partition coefficient (Wildman–Crippen LogP) is 0.468. The molecule has 0 aliphatic carbocycles. The highest BCUT2D eigenvalue weighted by atomic mass is 127. The molecule has 0 radical (unpaired) electrons. The maximum Gasteiger partial charge on any atom is 0.359 e. The Morgan fingerprint density at radius 2 is 1.43 bits per heavy atom. The molecule has 0 saturated carbocycles. The quantitative estimate of drug-likeness (QED) is 0.707. The van der Waals surface area contributed by atoms with E-state index in [0.29, 0.717) is 0 Å². The number of hydrogen-bond acceptors (Lipinski definition) is 0. The molecular formula is C12H9ClI+. The second-order valence-corrected chi connectivity index (χ2v) is 6.16. The minimum Gasteiger partial charge on any atom is -0.0794 e. The lowest BCUT2D eigenvalue weighted by atomic mass is 10.4. The minimum absolute atomic E-state index is 0.125. The van der Waals surface area contributed by atoms with Gasteiger partial charge in [0.15, 0.2) is 3.57 Å². The molecule has 2 aromatic rings. The van der Waals surface area contributed by atoms with E-state index in [1.165, 1.54) is 7.14 Å². The van der Waals surface area contributed by atoms with Crippen molar-refractivity contribution in [2.24, 2.45) is 0 Å². The first kappa shape index (κ1) is 9.99. The maximum absolute atomic E-state index is 6.10. The van der Waals surface area contributed by atoms with Crippen molar-refractivity contribution in [1.29, 1.82) is 0 Å². The van der Waals surface area contributed by atoms with Crippen LogP contribution in [0.1, 0.15) is 0 Å². The van der Waals surface area contributed by atoms with Crippen molar-refractivity contribution in [1.82, 2.24) is 0 Å². The van der Waals surface area contributed by atoms with Crippen molar-refractivity contribution >= 4 is 11.6 Å². The summed E-state index contributed by atoms with van der Waals surface area (Å²) < 4.78 is 2.69. The Morgan fingerprint density at radius 1 is 0.786 bits per heavy atom. The highest BCUT2D eigenvalue weighted by molar-refractivity contribution is 6.30. The molecule has 0 bridgehead atoms. The van der Waals surface area contributed by atoms with E-state index >= 15 is 0 Å². The lowest BCUT2D eigenvalue weighted by Crippen LogP contribution is -3.61. The van der Waals surface area contributed by atoms with Gasteiger partial charge >= 0.3 is 21.2 Å². The van der Waals surface area contributed by atoms with Crippen molar-refractivity contribution in [2.75, 3.05) is 0 Å². The number of rotatable bonds is 2. The van der Waals surface area contributed by atoms with E-state index in [1.54, 1.807) is 0 Å². The predicted molar refractivity (Wildman–Crippen MR) is 55.3 cm³/mol. The summed E-state index contributed by atoms with van der Waals surface area (Å²) in [5.74, 6) is 0. The molecule has 0 N–H and O–H groups in total. The molecule has 0 atom stereocenters. The van der Waals surface area contributed by atoms with Crippen LogP contribution in [0, 0.1) is 7.14 Å². The van der Waals surface area contributed by atoms with Crippen LogP contribution in [0.5, 0.6) is 0 Å². The summed E-state index contributed by atoms with van der Waals surface area (Å²) in [5, 5.41) is 0.893. The second-order valence-electron chi connectivity index (χ2n) is 2.80. The largest absolute Gasteiger partial charge is 0.359 e. The summed E-state index contributed by atoms with van der Waals surface area (Å²) in [4.78, 5) is 0. The van der Waals surface area contributed by atoms with Gasteiger partial charge in [-0.3, -0.25) is 0 Å². The van der Waals surface area contributed by atoms with Crippen molar-refractivity contribution in [3.05, 3.63) is 66.8 Å². The Kier molecular flexibility index (Phi) is 3.43. The first-order valence-electron chi connectivity index (χ1n) is 4.30. The van der Waals surface area contributed by atoms with Gasteiger partial charge in [-0.05, 0) is 24.3 Å². The lowest BCUT2D eigenvalue weighted by molar-refractivity contribution is -0.597. The van der Waals surface area contributed by atoms with Gasteiger partial charge in [0.2, 0.25) is 3.57 Å². The normalized spacial score (nSPS) is 10.1. The van der Waals surface area contributed by atoms with Gasteiger partial charge < -0.3 is 0 Å². The summed E-state index contributed by atoms with van der Waals surface area (Å²) in [6.07, 6.45) is 0. The fraction of sp³-hybridized carbons (Fsp3) is 0. The molecule has 0 fully saturated rings. The fourth-order valence-electron chi connectivity index (χ4n) is 1.11. The van der Waals surface area contributed by atoms with E-state index < -0.39 is 0 Å². The van der Waals surface area contributed by atoms with Crippen molar-refractivity contribution in [3.8, 4) is 0 Å². The number of halogens is 2. The lowest BCUT2D eigenvalue weighted by Gasteiger charge is -1.89. The first-order valence-corrected chi connectivity index (χ1v) is 6.84. The van der Waals surface area contributed by atoms with E-state index in [9.17, 15) is 0 Å². The highest BCUT2D eigenvalue weighted by Crippen LogP contribution is 2.04. The molecule has 0 amide bonds. The van der Waals surface area contributed by atoms with Crippen molar-refractivity contribution in [3.63, 3.8) is 0 Å². The monoisotopic (exact) mass is 315 g/mol. The Balaban J connectivity index is 2.24. The van der Waals surface area contributed by atoms with E-state index in [-0.39, 0.29) is 21.2 Å². The molecule has 0 aliphatic heterocycles. The Hall–Kier alpha value is -0.540. The molecule has 0 spiro atoms. The van der Waals surface area contributed by atoms with Gasteiger partial charge in [0.25, 0.3) is 0 Å². The van der Waals surface area contributed by atoms with Gasteiger partial charge in [-0.2, -0.15) is 0 Å². The minimum atomic E-state index is -0.125. The standard InChI is InChI=1S/C12H9ClI/c13-11-8-4-5-9-12(11)14-10-6-2-1-3-7-10/h1-9H/q+1. The van der Waals surface area contributed by atoms with E-state index in [4.69, 9.17) is 11.6 Å². The van der Waals surface area contributed by atoms with Crippen LogP contribution in [-0.4, -0.2) is 0 Å². The van der Waals surface area contributed by atoms with Gasteiger partial charge in [-0.1, -0.05) is 41.9 Å². The maximum atomic E-state index is 6.10. The average Bonchev–Trinajstić information content (AvgIpc) is 2.23. The van der Waals surface area contributed by atoms with Crippen LogP contribution in [-0.2, 0) is 0 Å². The van der Waals surface area contributed by atoms with Crippen LogP contribution in [0.4, 0.5) is 0 Å². The molecule has 0 nitrogen and oxygen atoms in total. The van der Waals surface area contributed by atoms with Crippen LogP contribution >= 0.6 is 11.6 Å². The van der Waals surface area contributed by atoms with E-state index in [0.717, 1.165) is 5.02 Å². The average molecular weight is 316 g/mol. The SMILES string of the molecule is Clc1ccccc1[I+]c1ccccc1. The zero-order valence-electron chi connectivity index (χ0n) is 7.45. The zero-order valence-corrected chi connectivity index (χ0v) is 10.4. The Bertz CT molecular complexity index is 412. The highest BCUT2D eigenvalue weighted by Gasteiger charge is 2.17. The third-order valence-corrected chi connectivity index (χ3v) is 5.28. The zero-order chi connectivity index (χ0) is 9.80. The van der Waals surface area contributed by atoms with Gasteiger partial charge in [0.1, 0.15) is 0 Å². The van der Waals surface area contributed by atoms with E-state index in [2.05, 4.69) is 30.3 Å². The smallest absolute Gasteiger partial charge is 0.0794 e. The molecular weight excluding hydrogens is 306 g/mol. The Morgan fingerprint density at radius 3 is 2.14 bits per heavy atom. The topological polar surface area (TPSA) is 0 Å². The summed E-state index contributed by atoms with van der Waals surface area (Å²) >= 11 is 5.98. The molecule has 0 unspecified atom stereocenters. The van der Waals surface area contributed by atoms with Crippen LogP contribution in [0.2, 0.25) is 5.02 Å². The first-order chi connectivity index (χ1) is 6.86.